The first-order valence-electron chi connectivity index (χ1n) is 9.89. The number of nitrogens with zero attached hydrogens (tertiary/aromatic N) is 1. The molecule has 3 atom stereocenters. The largest absolute Gasteiger partial charge is 0.491 e. The van der Waals surface area contributed by atoms with Crippen LogP contribution < -0.4 is 10.3 Å². The van der Waals surface area contributed by atoms with E-state index in [1.165, 1.54) is 13.0 Å². The van der Waals surface area contributed by atoms with Crippen molar-refractivity contribution in [2.75, 3.05) is 6.61 Å². The highest BCUT2D eigenvalue weighted by molar-refractivity contribution is 6.31. The molecule has 0 amide bonds. The van der Waals surface area contributed by atoms with E-state index in [9.17, 15) is 41.0 Å². The molecule has 34 heavy (non-hydrogen) atoms. The Morgan fingerprint density at radius 1 is 1.35 bits per heavy atom. The first-order valence-corrected chi connectivity index (χ1v) is 10.3. The quantitative estimate of drug-likeness (QED) is 0.546. The number of aliphatic carboxylic acids is 1. The molecule has 1 unspecified atom stereocenters. The van der Waals surface area contributed by atoms with Gasteiger partial charge < -0.3 is 14.6 Å². The van der Waals surface area contributed by atoms with Crippen molar-refractivity contribution >= 4 is 17.6 Å². The topological polar surface area (TPSA) is 77.8 Å². The number of halogens is 7. The monoisotopic (exact) mass is 513 g/mol. The second kappa shape index (κ2) is 9.87. The highest BCUT2D eigenvalue weighted by Crippen LogP contribution is 2.42. The minimum Gasteiger partial charge on any atom is -0.491 e. The highest BCUT2D eigenvalue weighted by atomic mass is 35.5. The molecular formula is C21H18ClF6NO5. The third kappa shape index (κ3) is 5.49. The summed E-state index contributed by atoms with van der Waals surface area (Å²) in [6, 6.07) is 1.40. The Labute approximate surface area is 193 Å². The third-order valence-electron chi connectivity index (χ3n) is 5.38. The third-order valence-corrected chi connectivity index (χ3v) is 5.67. The molecule has 2 aromatic rings. The molecule has 0 radical (unpaired) electrons. The number of fused-ring (bicyclic) bond motifs is 3. The molecule has 1 aromatic heterocycles. The van der Waals surface area contributed by atoms with Crippen molar-refractivity contribution in [3.8, 4) is 16.9 Å². The first kappa shape index (κ1) is 25.9. The zero-order valence-electron chi connectivity index (χ0n) is 17.4. The summed E-state index contributed by atoms with van der Waals surface area (Å²) in [7, 11) is 0. The van der Waals surface area contributed by atoms with Gasteiger partial charge in [0.15, 0.2) is 0 Å². The van der Waals surface area contributed by atoms with Gasteiger partial charge in [-0.3, -0.25) is 9.36 Å². The Kier molecular flexibility index (Phi) is 7.51. The van der Waals surface area contributed by atoms with Gasteiger partial charge in [0.2, 0.25) is 0 Å². The molecule has 1 aliphatic rings. The number of hydrogen-bond acceptors (Lipinski definition) is 4. The smallest absolute Gasteiger partial charge is 0.395 e. The van der Waals surface area contributed by atoms with Gasteiger partial charge in [0.1, 0.15) is 24.2 Å². The van der Waals surface area contributed by atoms with E-state index in [4.69, 9.17) is 16.3 Å². The van der Waals surface area contributed by atoms with E-state index in [-0.39, 0.29) is 16.7 Å². The van der Waals surface area contributed by atoms with Gasteiger partial charge in [-0.2, -0.15) is 22.0 Å². The van der Waals surface area contributed by atoms with E-state index in [1.54, 1.807) is 0 Å². The molecule has 186 valence electrons. The van der Waals surface area contributed by atoms with Gasteiger partial charge in [0, 0.05) is 23.6 Å². The summed E-state index contributed by atoms with van der Waals surface area (Å²) in [4.78, 5) is 24.6. The van der Waals surface area contributed by atoms with Crippen molar-refractivity contribution in [3.05, 3.63) is 51.2 Å². The minimum absolute atomic E-state index is 0.0698. The normalized spacial score (nSPS) is 17.7. The zero-order valence-corrected chi connectivity index (χ0v) is 18.2. The number of aromatic nitrogens is 1. The fraction of sp³-hybridized carbons (Fsp3) is 0.429. The maximum atomic E-state index is 15.0. The Hall–Kier alpha value is -2.73. The van der Waals surface area contributed by atoms with Gasteiger partial charge in [-0.25, -0.2) is 9.18 Å². The number of ether oxygens (including phenoxy) is 2. The van der Waals surface area contributed by atoms with Crippen LogP contribution in [0.5, 0.6) is 5.75 Å². The highest BCUT2D eigenvalue weighted by Gasteiger charge is 2.42. The Morgan fingerprint density at radius 2 is 2.03 bits per heavy atom. The van der Waals surface area contributed by atoms with Crippen molar-refractivity contribution in [3.63, 3.8) is 0 Å². The Morgan fingerprint density at radius 3 is 2.62 bits per heavy atom. The average molecular weight is 514 g/mol. The number of pyridine rings is 1. The molecule has 1 aliphatic heterocycles. The van der Waals surface area contributed by atoms with E-state index >= 15 is 0 Å². The fourth-order valence-corrected chi connectivity index (χ4v) is 3.90. The van der Waals surface area contributed by atoms with Gasteiger partial charge in [-0.15, -0.1) is 0 Å². The molecule has 0 saturated carbocycles. The van der Waals surface area contributed by atoms with E-state index in [0.717, 1.165) is 18.3 Å². The standard InChI is InChI=1S/C21H18ClF6NO5/c1-9(34-20(24)25)4-14(19(31)32)29-7-15-12(6-16(29)30)17-10(2-3-13(22)18(17)23)5-11(8-33-15)21(26,27)28/h2-3,6-7,9,11,14,20H,4-5,8H2,1H3,(H,31,32)/t9-,11+,14?/m0/s1. The summed E-state index contributed by atoms with van der Waals surface area (Å²) in [5.74, 6) is -5.09. The molecule has 0 spiro atoms. The van der Waals surface area contributed by atoms with Crippen LogP contribution in [-0.4, -0.2) is 41.1 Å². The second-order valence-electron chi connectivity index (χ2n) is 7.74. The second-order valence-corrected chi connectivity index (χ2v) is 8.15. The number of rotatable bonds is 6. The molecule has 0 bridgehead atoms. The summed E-state index contributed by atoms with van der Waals surface area (Å²) in [5.41, 5.74) is -1.63. The maximum Gasteiger partial charge on any atom is 0.395 e. The van der Waals surface area contributed by atoms with E-state index < -0.39 is 78.4 Å². The lowest BCUT2D eigenvalue weighted by molar-refractivity contribution is -0.181. The SMILES string of the molecule is C[C@@H](CC(C(=O)O)n1cc2c(cc1=O)-c1c(ccc(Cl)c1F)C[C@@H](C(F)(F)F)CO2)OC(F)F. The molecule has 0 saturated heterocycles. The van der Waals surface area contributed by atoms with E-state index in [0.29, 0.717) is 4.57 Å². The molecule has 0 aliphatic carbocycles. The van der Waals surface area contributed by atoms with Crippen molar-refractivity contribution in [1.29, 1.82) is 0 Å². The van der Waals surface area contributed by atoms with Crippen LogP contribution in [0.3, 0.4) is 0 Å². The minimum atomic E-state index is -4.70. The van der Waals surface area contributed by atoms with Crippen LogP contribution in [0.15, 0.2) is 29.2 Å². The molecule has 1 N–H and O–H groups in total. The van der Waals surface area contributed by atoms with Crippen LogP contribution in [0, 0.1) is 11.7 Å². The van der Waals surface area contributed by atoms with E-state index in [1.807, 2.05) is 0 Å². The molecule has 6 nitrogen and oxygen atoms in total. The lowest BCUT2D eigenvalue weighted by Crippen LogP contribution is -2.34. The number of carboxylic acid groups (broad SMARTS) is 1. The van der Waals surface area contributed by atoms with Gasteiger partial charge in [-0.05, 0) is 25.0 Å². The van der Waals surface area contributed by atoms with Crippen LogP contribution >= 0.6 is 11.6 Å². The lowest BCUT2D eigenvalue weighted by Gasteiger charge is -2.27. The van der Waals surface area contributed by atoms with Crippen molar-refractivity contribution in [2.45, 2.75) is 44.7 Å². The Bertz CT molecular complexity index is 1140. The lowest BCUT2D eigenvalue weighted by atomic mass is 9.90. The number of hydrogen-bond donors (Lipinski definition) is 1. The van der Waals surface area contributed by atoms with Crippen LogP contribution in [0.25, 0.3) is 11.1 Å². The van der Waals surface area contributed by atoms with Crippen molar-refractivity contribution < 1.29 is 45.7 Å². The predicted octanol–water partition coefficient (Wildman–Crippen LogP) is 5.06. The van der Waals surface area contributed by atoms with Gasteiger partial charge >= 0.3 is 18.8 Å². The maximum absolute atomic E-state index is 15.0. The summed E-state index contributed by atoms with van der Waals surface area (Å²) in [6.45, 7) is -2.91. The molecule has 2 heterocycles. The fourth-order valence-electron chi connectivity index (χ4n) is 3.74. The number of alkyl halides is 5. The van der Waals surface area contributed by atoms with Crippen molar-refractivity contribution in [1.82, 2.24) is 4.57 Å². The van der Waals surface area contributed by atoms with Crippen LogP contribution in [-0.2, 0) is 16.0 Å². The molecule has 0 fully saturated rings. The molecule has 3 rings (SSSR count). The molecular weight excluding hydrogens is 496 g/mol. The summed E-state index contributed by atoms with van der Waals surface area (Å²) >= 11 is 5.82. The summed E-state index contributed by atoms with van der Waals surface area (Å²) in [6.07, 6.45) is -6.38. The molecule has 1 aromatic carbocycles. The predicted molar refractivity (Wildman–Crippen MR) is 108 cm³/mol. The summed E-state index contributed by atoms with van der Waals surface area (Å²) < 4.78 is 90.6. The Balaban J connectivity index is 2.17. The molecule has 13 heteroatoms. The number of benzene rings is 1. The van der Waals surface area contributed by atoms with Gasteiger partial charge in [0.05, 0.1) is 23.2 Å². The average Bonchev–Trinajstić information content (AvgIpc) is 2.69. The van der Waals surface area contributed by atoms with Crippen LogP contribution in [0.1, 0.15) is 24.9 Å². The van der Waals surface area contributed by atoms with E-state index in [2.05, 4.69) is 4.74 Å². The first-order chi connectivity index (χ1) is 15.8. The van der Waals surface area contributed by atoms with Crippen LogP contribution in [0.4, 0.5) is 26.3 Å². The zero-order chi connectivity index (χ0) is 25.4. The number of carboxylic acids is 1. The number of carbonyl (C=O) groups is 1. The summed E-state index contributed by atoms with van der Waals surface area (Å²) in [5, 5.41) is 9.15. The van der Waals surface area contributed by atoms with Crippen molar-refractivity contribution in [2.24, 2.45) is 5.92 Å². The van der Waals surface area contributed by atoms with Gasteiger partial charge in [0.25, 0.3) is 5.56 Å². The van der Waals surface area contributed by atoms with Gasteiger partial charge in [-0.1, -0.05) is 17.7 Å². The van der Waals surface area contributed by atoms with Crippen LogP contribution in [0.2, 0.25) is 5.02 Å².